The van der Waals surface area contributed by atoms with Crippen LogP contribution in [0.1, 0.15) is 62.6 Å². The first-order valence-electron chi connectivity index (χ1n) is 7.17. The van der Waals surface area contributed by atoms with Crippen LogP contribution >= 0.6 is 0 Å². The van der Waals surface area contributed by atoms with Gasteiger partial charge in [-0.1, -0.05) is 19.3 Å². The predicted octanol–water partition coefficient (Wildman–Crippen LogP) is 2.86. The van der Waals surface area contributed by atoms with Gasteiger partial charge in [0.2, 0.25) is 0 Å². The highest BCUT2D eigenvalue weighted by Crippen LogP contribution is 2.34. The fourth-order valence-electron chi connectivity index (χ4n) is 3.41. The van der Waals surface area contributed by atoms with Crippen LogP contribution in [0, 0.1) is 0 Å². The second kappa shape index (κ2) is 5.21. The van der Waals surface area contributed by atoms with Gasteiger partial charge in [0.05, 0.1) is 6.33 Å². The lowest BCUT2D eigenvalue weighted by atomic mass is 9.87. The van der Waals surface area contributed by atoms with E-state index in [0.29, 0.717) is 6.04 Å². The topological polar surface area (TPSA) is 29.9 Å². The molecule has 2 fully saturated rings. The zero-order valence-electron chi connectivity index (χ0n) is 10.6. The summed E-state index contributed by atoms with van der Waals surface area (Å²) in [5.41, 5.74) is 1.50. The maximum Gasteiger partial charge on any atom is 0.0951 e. The molecule has 1 saturated carbocycles. The number of piperidine rings is 1. The monoisotopic (exact) mass is 233 g/mol. The van der Waals surface area contributed by atoms with Gasteiger partial charge in [-0.2, -0.15) is 0 Å². The molecule has 0 bridgehead atoms. The zero-order valence-corrected chi connectivity index (χ0v) is 10.6. The lowest BCUT2D eigenvalue weighted by molar-refractivity contribution is 0.345. The SMILES string of the molecule is c1ncn(C2CCCNC2)c1C1CCCCC1. The highest BCUT2D eigenvalue weighted by atomic mass is 15.1. The number of rotatable bonds is 2. The molecule has 1 aromatic rings. The van der Waals surface area contributed by atoms with Crippen LogP contribution in [0.2, 0.25) is 0 Å². The first-order valence-corrected chi connectivity index (χ1v) is 7.17. The van der Waals surface area contributed by atoms with Crippen LogP contribution in [0.4, 0.5) is 0 Å². The first kappa shape index (κ1) is 11.3. The molecule has 3 rings (SSSR count). The molecule has 0 radical (unpaired) electrons. The number of nitrogens with zero attached hydrogens (tertiary/aromatic N) is 2. The number of nitrogens with one attached hydrogen (secondary N) is 1. The Kier molecular flexibility index (Phi) is 3.46. The van der Waals surface area contributed by atoms with Gasteiger partial charge in [0.15, 0.2) is 0 Å². The van der Waals surface area contributed by atoms with E-state index in [4.69, 9.17) is 0 Å². The molecule has 1 aliphatic carbocycles. The summed E-state index contributed by atoms with van der Waals surface area (Å²) in [7, 11) is 0. The normalized spacial score (nSPS) is 27.2. The van der Waals surface area contributed by atoms with Crippen molar-refractivity contribution >= 4 is 0 Å². The third kappa shape index (κ3) is 2.39. The Balaban J connectivity index is 1.77. The fourth-order valence-corrected chi connectivity index (χ4v) is 3.41. The Hall–Kier alpha value is -0.830. The molecule has 0 aromatic carbocycles. The van der Waals surface area contributed by atoms with E-state index in [9.17, 15) is 0 Å². The van der Waals surface area contributed by atoms with Gasteiger partial charge < -0.3 is 9.88 Å². The molecule has 1 atom stereocenters. The van der Waals surface area contributed by atoms with Gasteiger partial charge in [0, 0.05) is 30.4 Å². The Bertz CT molecular complexity index is 314. The molecule has 17 heavy (non-hydrogen) atoms. The summed E-state index contributed by atoms with van der Waals surface area (Å²) < 4.78 is 2.46. The molecule has 94 valence electrons. The first-order chi connectivity index (χ1) is 8.45. The third-order valence-corrected chi connectivity index (χ3v) is 4.38. The van der Waals surface area contributed by atoms with E-state index in [1.807, 2.05) is 0 Å². The van der Waals surface area contributed by atoms with E-state index in [1.165, 1.54) is 57.2 Å². The van der Waals surface area contributed by atoms with Crippen LogP contribution in [0.25, 0.3) is 0 Å². The van der Waals surface area contributed by atoms with Gasteiger partial charge in [0.25, 0.3) is 0 Å². The summed E-state index contributed by atoms with van der Waals surface area (Å²) in [6, 6.07) is 0.642. The Morgan fingerprint density at radius 1 is 1.12 bits per heavy atom. The number of hydrogen-bond acceptors (Lipinski definition) is 2. The van der Waals surface area contributed by atoms with E-state index >= 15 is 0 Å². The van der Waals surface area contributed by atoms with Crippen molar-refractivity contribution in [1.29, 1.82) is 0 Å². The van der Waals surface area contributed by atoms with Gasteiger partial charge in [-0.25, -0.2) is 4.98 Å². The summed E-state index contributed by atoms with van der Waals surface area (Å²) in [4.78, 5) is 4.41. The molecule has 1 aromatic heterocycles. The van der Waals surface area contributed by atoms with Crippen LogP contribution in [0.15, 0.2) is 12.5 Å². The molecular weight excluding hydrogens is 210 g/mol. The van der Waals surface area contributed by atoms with E-state index in [1.54, 1.807) is 0 Å². The van der Waals surface area contributed by atoms with E-state index in [-0.39, 0.29) is 0 Å². The van der Waals surface area contributed by atoms with Gasteiger partial charge in [0.1, 0.15) is 0 Å². The summed E-state index contributed by atoms with van der Waals surface area (Å²) in [6.45, 7) is 2.31. The second-order valence-electron chi connectivity index (χ2n) is 5.56. The highest BCUT2D eigenvalue weighted by molar-refractivity contribution is 5.09. The highest BCUT2D eigenvalue weighted by Gasteiger charge is 2.23. The van der Waals surface area contributed by atoms with Crippen LogP contribution in [-0.4, -0.2) is 22.6 Å². The molecule has 1 aliphatic heterocycles. The molecule has 1 N–H and O–H groups in total. The van der Waals surface area contributed by atoms with Crippen LogP contribution in [0.3, 0.4) is 0 Å². The molecule has 2 aliphatic rings. The zero-order chi connectivity index (χ0) is 11.5. The Morgan fingerprint density at radius 3 is 2.76 bits per heavy atom. The smallest absolute Gasteiger partial charge is 0.0951 e. The van der Waals surface area contributed by atoms with Crippen molar-refractivity contribution in [2.75, 3.05) is 13.1 Å². The summed E-state index contributed by atoms with van der Waals surface area (Å²) in [5, 5.41) is 3.50. The molecule has 3 nitrogen and oxygen atoms in total. The maximum atomic E-state index is 4.41. The predicted molar refractivity (Wildman–Crippen MR) is 69.2 cm³/mol. The minimum atomic E-state index is 0.642. The van der Waals surface area contributed by atoms with Gasteiger partial charge in [-0.15, -0.1) is 0 Å². The maximum absolute atomic E-state index is 4.41. The largest absolute Gasteiger partial charge is 0.330 e. The lowest BCUT2D eigenvalue weighted by Gasteiger charge is -2.29. The molecule has 3 heteroatoms. The van der Waals surface area contributed by atoms with Gasteiger partial charge >= 0.3 is 0 Å². The summed E-state index contributed by atoms with van der Waals surface area (Å²) in [5.74, 6) is 0.771. The van der Waals surface area contributed by atoms with Crippen LogP contribution < -0.4 is 5.32 Å². The van der Waals surface area contributed by atoms with E-state index in [0.717, 1.165) is 12.5 Å². The second-order valence-corrected chi connectivity index (χ2v) is 5.56. The fraction of sp³-hybridized carbons (Fsp3) is 0.786. The standard InChI is InChI=1S/C14H23N3/c1-2-5-12(6-3-1)14-10-16-11-17(14)13-7-4-8-15-9-13/h10-13,15H,1-9H2. The lowest BCUT2D eigenvalue weighted by Crippen LogP contribution is -2.32. The van der Waals surface area contributed by atoms with Crippen molar-refractivity contribution in [2.45, 2.75) is 56.9 Å². The van der Waals surface area contributed by atoms with Crippen molar-refractivity contribution in [3.8, 4) is 0 Å². The molecule has 2 heterocycles. The van der Waals surface area contributed by atoms with Crippen molar-refractivity contribution in [2.24, 2.45) is 0 Å². The Morgan fingerprint density at radius 2 is 2.00 bits per heavy atom. The molecule has 0 spiro atoms. The minimum Gasteiger partial charge on any atom is -0.330 e. The van der Waals surface area contributed by atoms with Crippen molar-refractivity contribution in [3.05, 3.63) is 18.2 Å². The number of hydrogen-bond donors (Lipinski definition) is 1. The van der Waals surface area contributed by atoms with Crippen molar-refractivity contribution in [3.63, 3.8) is 0 Å². The van der Waals surface area contributed by atoms with E-state index < -0.39 is 0 Å². The molecule has 1 unspecified atom stereocenters. The quantitative estimate of drug-likeness (QED) is 0.851. The van der Waals surface area contributed by atoms with Crippen molar-refractivity contribution in [1.82, 2.24) is 14.9 Å². The summed E-state index contributed by atoms with van der Waals surface area (Å²) in [6.07, 6.45) is 13.7. The van der Waals surface area contributed by atoms with Crippen molar-refractivity contribution < 1.29 is 0 Å². The number of aromatic nitrogens is 2. The Labute approximate surface area is 104 Å². The van der Waals surface area contributed by atoms with Crippen LogP contribution in [-0.2, 0) is 0 Å². The molecule has 0 amide bonds. The molecular formula is C14H23N3. The van der Waals surface area contributed by atoms with E-state index in [2.05, 4.69) is 27.4 Å². The van der Waals surface area contributed by atoms with Crippen LogP contribution in [0.5, 0.6) is 0 Å². The third-order valence-electron chi connectivity index (χ3n) is 4.38. The van der Waals surface area contributed by atoms with Gasteiger partial charge in [-0.3, -0.25) is 0 Å². The minimum absolute atomic E-state index is 0.642. The molecule has 1 saturated heterocycles. The van der Waals surface area contributed by atoms with Gasteiger partial charge in [-0.05, 0) is 32.2 Å². The average molecular weight is 233 g/mol. The number of imidazole rings is 1. The summed E-state index contributed by atoms with van der Waals surface area (Å²) >= 11 is 0. The average Bonchev–Trinajstić information content (AvgIpc) is 2.90.